The second kappa shape index (κ2) is 8.10. The number of urea groups is 1. The molecule has 138 valence electrons. The number of ether oxygens (including phenoxy) is 2. The highest BCUT2D eigenvalue weighted by atomic mass is 16.5. The Kier molecular flexibility index (Phi) is 5.63. The van der Waals surface area contributed by atoms with Gasteiger partial charge in [-0.3, -0.25) is 0 Å². The van der Waals surface area contributed by atoms with Gasteiger partial charge in [-0.15, -0.1) is 0 Å². The van der Waals surface area contributed by atoms with Crippen LogP contribution in [0.3, 0.4) is 0 Å². The predicted octanol–water partition coefficient (Wildman–Crippen LogP) is 2.88. The zero-order valence-electron chi connectivity index (χ0n) is 15.0. The molecule has 0 saturated carbocycles. The van der Waals surface area contributed by atoms with Crippen molar-refractivity contribution < 1.29 is 19.4 Å². The zero-order chi connectivity index (χ0) is 18.5. The number of anilines is 1. The number of amides is 2. The summed E-state index contributed by atoms with van der Waals surface area (Å²) in [4.78, 5) is 12.3. The van der Waals surface area contributed by atoms with E-state index in [-0.39, 0.29) is 12.1 Å². The summed E-state index contributed by atoms with van der Waals surface area (Å²) in [7, 11) is 3.16. The first-order valence-electron chi connectivity index (χ1n) is 8.65. The number of aliphatic hydroxyl groups is 1. The molecule has 2 aromatic carbocycles. The summed E-state index contributed by atoms with van der Waals surface area (Å²) in [5.41, 5.74) is 3.87. The minimum Gasteiger partial charge on any atom is -0.493 e. The van der Waals surface area contributed by atoms with E-state index in [0.29, 0.717) is 24.5 Å². The fourth-order valence-electron chi connectivity index (χ4n) is 3.23. The van der Waals surface area contributed by atoms with Crippen LogP contribution in [0, 0.1) is 0 Å². The predicted molar refractivity (Wildman–Crippen MR) is 99.9 cm³/mol. The van der Waals surface area contributed by atoms with Gasteiger partial charge in [-0.05, 0) is 47.7 Å². The molecule has 1 aliphatic rings. The van der Waals surface area contributed by atoms with Crippen LogP contribution in [-0.4, -0.2) is 31.5 Å². The van der Waals surface area contributed by atoms with Gasteiger partial charge in [0.1, 0.15) is 0 Å². The Morgan fingerprint density at radius 1 is 1.19 bits per heavy atom. The maximum atomic E-state index is 12.3. The number of nitrogens with one attached hydrogen (secondary N) is 2. The number of rotatable bonds is 5. The second-order valence-electron chi connectivity index (χ2n) is 6.34. The van der Waals surface area contributed by atoms with E-state index in [4.69, 9.17) is 9.47 Å². The minimum atomic E-state index is -0.347. The number of carbonyl (C=O) groups is 1. The van der Waals surface area contributed by atoms with Crippen LogP contribution in [0.5, 0.6) is 11.5 Å². The Balaban J connectivity index is 1.63. The zero-order valence-corrected chi connectivity index (χ0v) is 15.0. The quantitative estimate of drug-likeness (QED) is 0.770. The highest BCUT2D eigenvalue weighted by molar-refractivity contribution is 5.90. The van der Waals surface area contributed by atoms with Gasteiger partial charge in [0.25, 0.3) is 0 Å². The van der Waals surface area contributed by atoms with Gasteiger partial charge in [0, 0.05) is 18.7 Å². The molecule has 2 aromatic rings. The first-order chi connectivity index (χ1) is 12.6. The van der Waals surface area contributed by atoms with E-state index >= 15 is 0 Å². The Bertz CT molecular complexity index is 791. The van der Waals surface area contributed by atoms with E-state index in [1.165, 1.54) is 5.56 Å². The highest BCUT2D eigenvalue weighted by Crippen LogP contribution is 2.29. The summed E-state index contributed by atoms with van der Waals surface area (Å²) in [6.45, 7) is 0.365. The second-order valence-corrected chi connectivity index (χ2v) is 6.34. The summed E-state index contributed by atoms with van der Waals surface area (Å²) in [5.74, 6) is 1.27. The number of benzene rings is 2. The number of aryl methyl sites for hydroxylation is 1. The summed E-state index contributed by atoms with van der Waals surface area (Å²) in [5, 5.41) is 15.6. The SMILES string of the molecule is COc1ccc(CNC(=O)Nc2cccc3c2CC(O)CC3)cc1OC. The average molecular weight is 356 g/mol. The molecule has 6 nitrogen and oxygen atoms in total. The van der Waals surface area contributed by atoms with E-state index in [1.807, 2.05) is 36.4 Å². The Hall–Kier alpha value is -2.73. The summed E-state index contributed by atoms with van der Waals surface area (Å²) in [6.07, 6.45) is 1.82. The van der Waals surface area contributed by atoms with Crippen molar-refractivity contribution in [3.8, 4) is 11.5 Å². The van der Waals surface area contributed by atoms with Gasteiger partial charge in [-0.2, -0.15) is 0 Å². The van der Waals surface area contributed by atoms with Gasteiger partial charge in [0.2, 0.25) is 0 Å². The van der Waals surface area contributed by atoms with E-state index < -0.39 is 0 Å². The molecule has 3 rings (SSSR count). The van der Waals surface area contributed by atoms with Crippen LogP contribution in [0.25, 0.3) is 0 Å². The summed E-state index contributed by atoms with van der Waals surface area (Å²) >= 11 is 0. The number of carbonyl (C=O) groups excluding carboxylic acids is 1. The van der Waals surface area contributed by atoms with Crippen LogP contribution in [0.4, 0.5) is 10.5 Å². The first-order valence-corrected chi connectivity index (χ1v) is 8.65. The molecule has 0 aromatic heterocycles. The Morgan fingerprint density at radius 3 is 2.77 bits per heavy atom. The molecule has 1 aliphatic carbocycles. The van der Waals surface area contributed by atoms with Crippen molar-refractivity contribution in [2.45, 2.75) is 31.9 Å². The smallest absolute Gasteiger partial charge is 0.319 e. The van der Waals surface area contributed by atoms with Crippen molar-refractivity contribution in [3.05, 3.63) is 53.1 Å². The maximum Gasteiger partial charge on any atom is 0.319 e. The molecule has 0 spiro atoms. The van der Waals surface area contributed by atoms with Gasteiger partial charge < -0.3 is 25.2 Å². The molecule has 0 bridgehead atoms. The highest BCUT2D eigenvalue weighted by Gasteiger charge is 2.19. The third-order valence-corrected chi connectivity index (χ3v) is 4.61. The molecule has 0 aliphatic heterocycles. The Morgan fingerprint density at radius 2 is 2.00 bits per heavy atom. The molecule has 3 N–H and O–H groups in total. The van der Waals surface area contributed by atoms with Crippen molar-refractivity contribution in [1.29, 1.82) is 0 Å². The molecule has 0 radical (unpaired) electrons. The largest absolute Gasteiger partial charge is 0.493 e. The van der Waals surface area contributed by atoms with E-state index in [9.17, 15) is 9.90 Å². The van der Waals surface area contributed by atoms with Crippen LogP contribution in [0.15, 0.2) is 36.4 Å². The van der Waals surface area contributed by atoms with Crippen molar-refractivity contribution >= 4 is 11.7 Å². The lowest BCUT2D eigenvalue weighted by Crippen LogP contribution is -2.29. The summed E-state index contributed by atoms with van der Waals surface area (Å²) < 4.78 is 10.5. The molecule has 0 fully saturated rings. The van der Waals surface area contributed by atoms with E-state index in [2.05, 4.69) is 10.6 Å². The van der Waals surface area contributed by atoms with Gasteiger partial charge in [0.15, 0.2) is 11.5 Å². The van der Waals surface area contributed by atoms with E-state index in [0.717, 1.165) is 29.7 Å². The van der Waals surface area contributed by atoms with Crippen molar-refractivity contribution in [2.75, 3.05) is 19.5 Å². The molecule has 0 saturated heterocycles. The monoisotopic (exact) mass is 356 g/mol. The standard InChI is InChI=1S/C20H24N2O4/c1-25-18-9-6-13(10-19(18)26-2)12-21-20(24)22-17-5-3-4-14-7-8-15(23)11-16(14)17/h3-6,9-10,15,23H,7-8,11-12H2,1-2H3,(H2,21,22,24). The van der Waals surface area contributed by atoms with E-state index in [1.54, 1.807) is 14.2 Å². The van der Waals surface area contributed by atoms with Gasteiger partial charge >= 0.3 is 6.03 Å². The molecule has 0 heterocycles. The molecule has 6 heteroatoms. The minimum absolute atomic E-state index is 0.284. The molecular formula is C20H24N2O4. The number of hydrogen-bond acceptors (Lipinski definition) is 4. The van der Waals surface area contributed by atoms with Gasteiger partial charge in [-0.25, -0.2) is 4.79 Å². The number of methoxy groups -OCH3 is 2. The normalized spacial score (nSPS) is 15.7. The molecular weight excluding hydrogens is 332 g/mol. The van der Waals surface area contributed by atoms with Crippen LogP contribution < -0.4 is 20.1 Å². The maximum absolute atomic E-state index is 12.3. The average Bonchev–Trinajstić information content (AvgIpc) is 2.66. The lowest BCUT2D eigenvalue weighted by molar-refractivity contribution is 0.159. The summed E-state index contributed by atoms with van der Waals surface area (Å²) in [6, 6.07) is 11.1. The van der Waals surface area contributed by atoms with Crippen LogP contribution >= 0.6 is 0 Å². The first kappa shape index (κ1) is 18.1. The lowest BCUT2D eigenvalue weighted by atomic mass is 9.88. The molecule has 1 atom stereocenters. The fraction of sp³-hybridized carbons (Fsp3) is 0.350. The molecule has 2 amide bonds. The lowest BCUT2D eigenvalue weighted by Gasteiger charge is -2.23. The number of aliphatic hydroxyl groups excluding tert-OH is 1. The van der Waals surface area contributed by atoms with Crippen molar-refractivity contribution in [1.82, 2.24) is 5.32 Å². The molecule has 26 heavy (non-hydrogen) atoms. The third-order valence-electron chi connectivity index (χ3n) is 4.61. The Labute approximate surface area is 153 Å². The van der Waals surface area contributed by atoms with Gasteiger partial charge in [0.05, 0.1) is 20.3 Å². The van der Waals surface area contributed by atoms with Crippen LogP contribution in [0.1, 0.15) is 23.1 Å². The fourth-order valence-corrected chi connectivity index (χ4v) is 3.23. The van der Waals surface area contributed by atoms with Crippen LogP contribution in [0.2, 0.25) is 0 Å². The van der Waals surface area contributed by atoms with Crippen molar-refractivity contribution in [2.24, 2.45) is 0 Å². The molecule has 1 unspecified atom stereocenters. The van der Waals surface area contributed by atoms with Gasteiger partial charge in [-0.1, -0.05) is 18.2 Å². The number of fused-ring (bicyclic) bond motifs is 1. The van der Waals surface area contributed by atoms with Crippen LogP contribution in [-0.2, 0) is 19.4 Å². The van der Waals surface area contributed by atoms with Crippen molar-refractivity contribution in [3.63, 3.8) is 0 Å². The third kappa shape index (κ3) is 4.08. The topological polar surface area (TPSA) is 79.8 Å². The number of hydrogen-bond donors (Lipinski definition) is 3.